The van der Waals surface area contributed by atoms with Gasteiger partial charge in [0, 0.05) is 25.0 Å². The monoisotopic (exact) mass is 346 g/mol. The summed E-state index contributed by atoms with van der Waals surface area (Å²) in [7, 11) is 1.80. The lowest BCUT2D eigenvalue weighted by Gasteiger charge is -2.28. The molecular formula is C17H22N4O2S. The third-order valence-electron chi connectivity index (χ3n) is 4.19. The summed E-state index contributed by atoms with van der Waals surface area (Å²) in [5, 5.41) is 4.92. The Balaban J connectivity index is 1.59. The van der Waals surface area contributed by atoms with Crippen molar-refractivity contribution in [3.05, 3.63) is 40.7 Å². The minimum Gasteiger partial charge on any atom is -0.378 e. The Morgan fingerprint density at radius 1 is 1.38 bits per heavy atom. The number of amides is 2. The number of carbonyl (C=O) groups is 1. The molecule has 1 aliphatic rings. The van der Waals surface area contributed by atoms with E-state index in [1.165, 1.54) is 0 Å². The Morgan fingerprint density at radius 2 is 2.17 bits per heavy atom. The van der Waals surface area contributed by atoms with Crippen LogP contribution in [0.3, 0.4) is 0 Å². The van der Waals surface area contributed by atoms with Crippen molar-refractivity contribution in [2.45, 2.75) is 13.0 Å². The minimum atomic E-state index is -0.142. The van der Waals surface area contributed by atoms with Crippen LogP contribution in [0.2, 0.25) is 0 Å². The molecule has 0 spiro atoms. The molecule has 128 valence electrons. The number of thiophene rings is 1. The van der Waals surface area contributed by atoms with E-state index in [0.717, 1.165) is 37.0 Å². The fraction of sp³-hybridized carbons (Fsp3) is 0.412. The highest BCUT2D eigenvalue weighted by atomic mass is 32.1. The molecular weight excluding hydrogens is 324 g/mol. The van der Waals surface area contributed by atoms with Crippen LogP contribution >= 0.6 is 11.3 Å². The molecule has 1 fully saturated rings. The van der Waals surface area contributed by atoms with E-state index in [1.807, 2.05) is 36.6 Å². The molecule has 1 atom stereocenters. The molecule has 3 rings (SSSR count). The molecule has 2 aromatic rings. The summed E-state index contributed by atoms with van der Waals surface area (Å²) in [4.78, 5) is 21.9. The number of morpholine rings is 1. The van der Waals surface area contributed by atoms with Crippen molar-refractivity contribution in [1.29, 1.82) is 0 Å². The highest BCUT2D eigenvalue weighted by Crippen LogP contribution is 2.24. The number of anilines is 2. The molecule has 6 nitrogen and oxygen atoms in total. The summed E-state index contributed by atoms with van der Waals surface area (Å²) < 4.78 is 5.35. The maximum Gasteiger partial charge on any atom is 0.322 e. The maximum atomic E-state index is 12.4. The Hall–Kier alpha value is -2.12. The second kappa shape index (κ2) is 7.63. The first kappa shape index (κ1) is 16.7. The van der Waals surface area contributed by atoms with Gasteiger partial charge >= 0.3 is 6.03 Å². The topological polar surface area (TPSA) is 57.7 Å². The van der Waals surface area contributed by atoms with Crippen LogP contribution in [0.5, 0.6) is 0 Å². The molecule has 0 aliphatic carbocycles. The zero-order valence-electron chi connectivity index (χ0n) is 13.9. The average molecular weight is 346 g/mol. The zero-order valence-corrected chi connectivity index (χ0v) is 14.8. The van der Waals surface area contributed by atoms with E-state index in [2.05, 4.69) is 15.2 Å². The first-order valence-electron chi connectivity index (χ1n) is 8.01. The fourth-order valence-corrected chi connectivity index (χ4v) is 3.37. The fourth-order valence-electron chi connectivity index (χ4n) is 2.55. The smallest absolute Gasteiger partial charge is 0.322 e. The molecule has 0 bridgehead atoms. The predicted molar refractivity (Wildman–Crippen MR) is 96.8 cm³/mol. The lowest BCUT2D eigenvalue weighted by Crippen LogP contribution is -2.36. The molecule has 0 radical (unpaired) electrons. The third-order valence-corrected chi connectivity index (χ3v) is 5.23. The van der Waals surface area contributed by atoms with Gasteiger partial charge in [-0.15, -0.1) is 11.3 Å². The molecule has 2 amide bonds. The Labute approximate surface area is 146 Å². The molecule has 24 heavy (non-hydrogen) atoms. The molecule has 1 aliphatic heterocycles. The van der Waals surface area contributed by atoms with Gasteiger partial charge < -0.3 is 19.9 Å². The van der Waals surface area contributed by atoms with Crippen LogP contribution in [0.15, 0.2) is 35.8 Å². The van der Waals surface area contributed by atoms with E-state index >= 15 is 0 Å². The van der Waals surface area contributed by atoms with Gasteiger partial charge in [-0.05, 0) is 30.5 Å². The summed E-state index contributed by atoms with van der Waals surface area (Å²) in [5.41, 5.74) is 0.697. The van der Waals surface area contributed by atoms with Gasteiger partial charge in [-0.1, -0.05) is 6.07 Å². The van der Waals surface area contributed by atoms with E-state index in [4.69, 9.17) is 4.74 Å². The van der Waals surface area contributed by atoms with Crippen molar-refractivity contribution >= 4 is 28.9 Å². The van der Waals surface area contributed by atoms with Gasteiger partial charge in [0.1, 0.15) is 5.82 Å². The molecule has 0 unspecified atom stereocenters. The standard InChI is InChI=1S/C17H22N4O2S/c1-13(15-4-3-11-24-15)20(2)17(22)19-14-5-6-16(18-12-14)21-7-9-23-10-8-21/h3-6,11-13H,7-10H2,1-2H3,(H,19,22)/t13-/m1/s1. The predicted octanol–water partition coefficient (Wildman–Crippen LogP) is 3.20. The number of hydrogen-bond acceptors (Lipinski definition) is 5. The van der Waals surface area contributed by atoms with E-state index < -0.39 is 0 Å². The number of carbonyl (C=O) groups excluding carboxylic acids is 1. The molecule has 0 aromatic carbocycles. The summed E-state index contributed by atoms with van der Waals surface area (Å²) in [6.07, 6.45) is 1.70. The van der Waals surface area contributed by atoms with Gasteiger partial charge in [0.15, 0.2) is 0 Å². The zero-order chi connectivity index (χ0) is 16.9. The summed E-state index contributed by atoms with van der Waals surface area (Å²) in [6, 6.07) is 7.75. The largest absolute Gasteiger partial charge is 0.378 e. The number of pyridine rings is 1. The average Bonchev–Trinajstić information content (AvgIpc) is 3.16. The number of aromatic nitrogens is 1. The lowest BCUT2D eigenvalue weighted by atomic mass is 10.2. The van der Waals surface area contributed by atoms with Gasteiger partial charge in [0.05, 0.1) is 31.1 Å². The molecule has 0 saturated carbocycles. The highest BCUT2D eigenvalue weighted by Gasteiger charge is 2.18. The second-order valence-electron chi connectivity index (χ2n) is 5.74. The SMILES string of the molecule is C[C@H](c1cccs1)N(C)C(=O)Nc1ccc(N2CCOCC2)nc1. The summed E-state index contributed by atoms with van der Waals surface area (Å²) in [5.74, 6) is 0.914. The number of nitrogens with zero attached hydrogens (tertiary/aromatic N) is 3. The van der Waals surface area contributed by atoms with E-state index in [0.29, 0.717) is 5.69 Å². The molecule has 2 aromatic heterocycles. The van der Waals surface area contributed by atoms with E-state index in [9.17, 15) is 4.79 Å². The molecule has 1 N–H and O–H groups in total. The van der Waals surface area contributed by atoms with Crippen LogP contribution in [0.1, 0.15) is 17.8 Å². The minimum absolute atomic E-state index is 0.0329. The van der Waals surface area contributed by atoms with Crippen LogP contribution in [0, 0.1) is 0 Å². The Bertz CT molecular complexity index is 654. The van der Waals surface area contributed by atoms with Gasteiger partial charge in [-0.2, -0.15) is 0 Å². The molecule has 3 heterocycles. The van der Waals surface area contributed by atoms with Crippen LogP contribution in [-0.4, -0.2) is 49.3 Å². The van der Waals surface area contributed by atoms with Crippen LogP contribution < -0.4 is 10.2 Å². The molecule has 7 heteroatoms. The Morgan fingerprint density at radius 3 is 2.79 bits per heavy atom. The van der Waals surface area contributed by atoms with Gasteiger partial charge in [-0.3, -0.25) is 0 Å². The third kappa shape index (κ3) is 3.85. The quantitative estimate of drug-likeness (QED) is 0.924. The van der Waals surface area contributed by atoms with Crippen molar-refractivity contribution in [3.63, 3.8) is 0 Å². The number of hydrogen-bond donors (Lipinski definition) is 1. The van der Waals surface area contributed by atoms with E-state index in [1.54, 1.807) is 29.5 Å². The number of nitrogens with one attached hydrogen (secondary N) is 1. The van der Waals surface area contributed by atoms with E-state index in [-0.39, 0.29) is 12.1 Å². The van der Waals surface area contributed by atoms with Crippen molar-refractivity contribution in [2.24, 2.45) is 0 Å². The number of ether oxygens (including phenoxy) is 1. The summed E-state index contributed by atoms with van der Waals surface area (Å²) >= 11 is 1.65. The second-order valence-corrected chi connectivity index (χ2v) is 6.72. The first-order chi connectivity index (χ1) is 11.6. The number of urea groups is 1. The van der Waals surface area contributed by atoms with Gasteiger partial charge in [-0.25, -0.2) is 9.78 Å². The van der Waals surface area contributed by atoms with Crippen LogP contribution in [0.25, 0.3) is 0 Å². The molecule has 1 saturated heterocycles. The van der Waals surface area contributed by atoms with Gasteiger partial charge in [0.25, 0.3) is 0 Å². The highest BCUT2D eigenvalue weighted by molar-refractivity contribution is 7.10. The Kier molecular flexibility index (Phi) is 5.32. The van der Waals surface area contributed by atoms with Crippen molar-refractivity contribution in [3.8, 4) is 0 Å². The van der Waals surface area contributed by atoms with Crippen molar-refractivity contribution in [1.82, 2.24) is 9.88 Å². The van der Waals surface area contributed by atoms with Crippen LogP contribution in [0.4, 0.5) is 16.3 Å². The normalized spacial score (nSPS) is 15.8. The first-order valence-corrected chi connectivity index (χ1v) is 8.89. The lowest BCUT2D eigenvalue weighted by molar-refractivity contribution is 0.122. The summed E-state index contributed by atoms with van der Waals surface area (Å²) in [6.45, 7) is 5.17. The van der Waals surface area contributed by atoms with Gasteiger partial charge in [0.2, 0.25) is 0 Å². The van der Waals surface area contributed by atoms with Crippen molar-refractivity contribution in [2.75, 3.05) is 43.6 Å². The van der Waals surface area contributed by atoms with Crippen LogP contribution in [-0.2, 0) is 4.74 Å². The van der Waals surface area contributed by atoms with Crippen molar-refractivity contribution < 1.29 is 9.53 Å². The number of rotatable bonds is 4. The maximum absolute atomic E-state index is 12.4.